The molecule has 246 valence electrons. The van der Waals surface area contributed by atoms with Crippen molar-refractivity contribution in [1.82, 2.24) is 24.3 Å². The van der Waals surface area contributed by atoms with Crippen LogP contribution in [-0.4, -0.2) is 54.4 Å². The number of hydrogen-bond acceptors (Lipinski definition) is 7. The van der Waals surface area contributed by atoms with Gasteiger partial charge in [0.05, 0.1) is 46.6 Å². The molecule has 0 aliphatic carbocycles. The number of hydrogen-bond donors (Lipinski definition) is 1. The number of ether oxygens (including phenoxy) is 1. The molecular weight excluding hydrogens is 663 g/mol. The van der Waals surface area contributed by atoms with Crippen LogP contribution < -0.4 is 5.32 Å². The molecule has 2 aliphatic heterocycles. The molecule has 0 fully saturated rings. The predicted octanol–water partition coefficient (Wildman–Crippen LogP) is 8.05. The summed E-state index contributed by atoms with van der Waals surface area (Å²) in [6.45, 7) is 11.5. The van der Waals surface area contributed by atoms with Gasteiger partial charge in [-0.15, -0.1) is 11.6 Å². The molecule has 4 aromatic rings. The third-order valence-electron chi connectivity index (χ3n) is 8.16. The van der Waals surface area contributed by atoms with Crippen LogP contribution in [0.5, 0.6) is 0 Å². The number of aromatic nitrogens is 3. The van der Waals surface area contributed by atoms with Gasteiger partial charge in [0.2, 0.25) is 5.89 Å². The number of anilines is 1. The molecule has 0 bridgehead atoms. The molecule has 1 N–H and O–H groups in total. The van der Waals surface area contributed by atoms with Gasteiger partial charge in [-0.3, -0.25) is 4.79 Å². The molecule has 4 heterocycles. The molecule has 2 aromatic heterocycles. The quantitative estimate of drug-likeness (QED) is 0.195. The highest BCUT2D eigenvalue weighted by atomic mass is 35.5. The molecule has 13 heteroatoms. The lowest BCUT2D eigenvalue weighted by Gasteiger charge is -2.29. The molecule has 47 heavy (non-hydrogen) atoms. The predicted molar refractivity (Wildman–Crippen MR) is 183 cm³/mol. The number of benzene rings is 2. The van der Waals surface area contributed by atoms with E-state index in [-0.39, 0.29) is 12.4 Å². The third kappa shape index (κ3) is 6.59. The van der Waals surface area contributed by atoms with Crippen molar-refractivity contribution < 1.29 is 18.7 Å². The van der Waals surface area contributed by atoms with E-state index >= 15 is 0 Å². The van der Waals surface area contributed by atoms with Crippen molar-refractivity contribution in [3.8, 4) is 22.6 Å². The van der Waals surface area contributed by atoms with Crippen LogP contribution in [0.15, 0.2) is 53.1 Å². The summed E-state index contributed by atoms with van der Waals surface area (Å²) in [6.07, 6.45) is 0.839. The summed E-state index contributed by atoms with van der Waals surface area (Å²) in [5.74, 6) is 1.49. The van der Waals surface area contributed by atoms with Crippen molar-refractivity contribution in [2.45, 2.75) is 58.8 Å². The van der Waals surface area contributed by atoms with E-state index in [1.807, 2.05) is 45.0 Å². The molecule has 0 spiro atoms. The average Bonchev–Trinajstić information content (AvgIpc) is 3.69. The molecular formula is C34H35Cl3N6O4. The van der Waals surface area contributed by atoms with Gasteiger partial charge in [0.1, 0.15) is 17.1 Å². The van der Waals surface area contributed by atoms with E-state index in [1.165, 1.54) is 0 Å². The van der Waals surface area contributed by atoms with Gasteiger partial charge in [-0.1, -0.05) is 54.0 Å². The van der Waals surface area contributed by atoms with E-state index in [0.717, 1.165) is 22.8 Å². The van der Waals surface area contributed by atoms with Crippen molar-refractivity contribution in [2.75, 3.05) is 17.7 Å². The first kappa shape index (κ1) is 32.9. The second-order valence-electron chi connectivity index (χ2n) is 12.6. The van der Waals surface area contributed by atoms with E-state index < -0.39 is 17.6 Å². The number of allylic oxidation sites excluding steroid dienone is 1. The molecule has 0 saturated heterocycles. The van der Waals surface area contributed by atoms with Crippen molar-refractivity contribution in [1.29, 1.82) is 0 Å². The van der Waals surface area contributed by atoms with E-state index in [4.69, 9.17) is 48.9 Å². The zero-order chi connectivity index (χ0) is 33.6. The number of imidazole rings is 1. The number of nitrogens with zero attached hydrogens (tertiary/aromatic N) is 5. The number of alkyl halides is 1. The maximum absolute atomic E-state index is 13.5. The molecule has 0 unspecified atom stereocenters. The van der Waals surface area contributed by atoms with Crippen molar-refractivity contribution >= 4 is 52.5 Å². The van der Waals surface area contributed by atoms with Gasteiger partial charge in [-0.2, -0.15) is 0 Å². The van der Waals surface area contributed by atoms with Gasteiger partial charge < -0.3 is 28.8 Å². The Hall–Kier alpha value is -3.99. The van der Waals surface area contributed by atoms with Gasteiger partial charge in [0.15, 0.2) is 5.82 Å². The summed E-state index contributed by atoms with van der Waals surface area (Å²) < 4.78 is 13.4. The van der Waals surface area contributed by atoms with Gasteiger partial charge in [0, 0.05) is 54.8 Å². The van der Waals surface area contributed by atoms with Crippen LogP contribution in [0.1, 0.15) is 60.7 Å². The second-order valence-corrected chi connectivity index (χ2v) is 13.7. The van der Waals surface area contributed by atoms with E-state index in [0.29, 0.717) is 82.4 Å². The van der Waals surface area contributed by atoms with Crippen molar-refractivity contribution in [2.24, 2.45) is 7.05 Å². The van der Waals surface area contributed by atoms with Gasteiger partial charge in [-0.25, -0.2) is 14.8 Å². The summed E-state index contributed by atoms with van der Waals surface area (Å²) in [5, 5.41) is 3.65. The Morgan fingerprint density at radius 3 is 2.36 bits per heavy atom. The Labute approximate surface area is 288 Å². The molecule has 6 rings (SSSR count). The number of rotatable bonds is 7. The normalized spacial score (nSPS) is 14.2. The number of amides is 2. The monoisotopic (exact) mass is 696 g/mol. The lowest BCUT2D eigenvalue weighted by molar-refractivity contribution is 0.0220. The zero-order valence-corrected chi connectivity index (χ0v) is 28.9. The smallest absolute Gasteiger partial charge is 0.410 e. The zero-order valence-electron chi connectivity index (χ0n) is 26.6. The average molecular weight is 698 g/mol. The van der Waals surface area contributed by atoms with Crippen LogP contribution in [0.4, 0.5) is 10.5 Å². The highest BCUT2D eigenvalue weighted by Gasteiger charge is 2.31. The van der Waals surface area contributed by atoms with E-state index in [2.05, 4.69) is 21.8 Å². The van der Waals surface area contributed by atoms with Crippen LogP contribution >= 0.6 is 34.8 Å². The highest BCUT2D eigenvalue weighted by molar-refractivity contribution is 6.39. The van der Waals surface area contributed by atoms with Crippen LogP contribution in [0.2, 0.25) is 10.0 Å². The van der Waals surface area contributed by atoms with Crippen LogP contribution in [-0.2, 0) is 37.8 Å². The maximum Gasteiger partial charge on any atom is 0.410 e. The first-order valence-corrected chi connectivity index (χ1v) is 16.5. The Kier molecular flexibility index (Phi) is 9.04. The summed E-state index contributed by atoms with van der Waals surface area (Å²) in [5.41, 5.74) is 5.06. The molecule has 2 amide bonds. The Balaban J connectivity index is 1.21. The maximum atomic E-state index is 13.5. The molecule has 2 aromatic carbocycles. The van der Waals surface area contributed by atoms with E-state index in [9.17, 15) is 9.59 Å². The van der Waals surface area contributed by atoms with Gasteiger partial charge in [-0.05, 0) is 32.9 Å². The lowest BCUT2D eigenvalue weighted by Crippen LogP contribution is -2.40. The topological polar surface area (TPSA) is 106 Å². The SMILES string of the molecule is C=C(CCCl)N1Cc2nc(-c3cccc(-c4cccc(NC(=O)c5nc6c(n5C)CCN(C(=O)OC(C)(C)C)C6)c4Cl)c3Cl)oc2C1. The van der Waals surface area contributed by atoms with Gasteiger partial charge in [0.25, 0.3) is 5.91 Å². The lowest BCUT2D eigenvalue weighted by atomic mass is 10.0. The van der Waals surface area contributed by atoms with Gasteiger partial charge >= 0.3 is 6.09 Å². The number of carbonyl (C=O) groups excluding carboxylic acids is 2. The number of carbonyl (C=O) groups is 2. The number of nitrogens with one attached hydrogen (secondary N) is 1. The standard InChI is InChI=1S/C34H35Cl3N6O4/c1-19(12-14-35)43-17-25-27(18-43)46-32(40-25)22-10-6-8-20(28(22)36)21-9-7-11-23(29(21)37)39-31(44)30-38-24-16-42(15-13-26(24)41(30)5)33(45)47-34(2,3)4/h6-11H,1,12-18H2,2-5H3,(H,39,44). The number of halogens is 3. The summed E-state index contributed by atoms with van der Waals surface area (Å²) in [6, 6.07) is 10.9. The third-order valence-corrected chi connectivity index (χ3v) is 9.16. The van der Waals surface area contributed by atoms with Crippen molar-refractivity contribution in [3.63, 3.8) is 0 Å². The van der Waals surface area contributed by atoms with Crippen molar-refractivity contribution in [3.05, 3.63) is 87.4 Å². The molecule has 0 radical (unpaired) electrons. The number of oxazole rings is 1. The number of fused-ring (bicyclic) bond motifs is 2. The Morgan fingerprint density at radius 1 is 0.979 bits per heavy atom. The minimum Gasteiger partial charge on any atom is -0.444 e. The highest BCUT2D eigenvalue weighted by Crippen LogP contribution is 2.42. The molecule has 0 saturated carbocycles. The Morgan fingerprint density at radius 2 is 1.66 bits per heavy atom. The van der Waals surface area contributed by atoms with Crippen LogP contribution in [0, 0.1) is 0 Å². The van der Waals surface area contributed by atoms with Crippen LogP contribution in [0.25, 0.3) is 22.6 Å². The minimum atomic E-state index is -0.606. The Bertz CT molecular complexity index is 1870. The molecule has 2 aliphatic rings. The first-order valence-electron chi connectivity index (χ1n) is 15.2. The minimum absolute atomic E-state index is 0.212. The second kappa shape index (κ2) is 12.9. The van der Waals surface area contributed by atoms with E-state index in [1.54, 1.807) is 28.6 Å². The molecule has 0 atom stereocenters. The first-order chi connectivity index (χ1) is 22.3. The molecule has 10 nitrogen and oxygen atoms in total. The fraction of sp³-hybridized carbons (Fsp3) is 0.353. The summed E-state index contributed by atoms with van der Waals surface area (Å²) in [4.78, 5) is 39.2. The largest absolute Gasteiger partial charge is 0.444 e. The summed E-state index contributed by atoms with van der Waals surface area (Å²) in [7, 11) is 1.79. The summed E-state index contributed by atoms with van der Waals surface area (Å²) >= 11 is 19.7. The fourth-order valence-electron chi connectivity index (χ4n) is 5.78. The van der Waals surface area contributed by atoms with Crippen LogP contribution in [0.3, 0.4) is 0 Å². The fourth-order valence-corrected chi connectivity index (χ4v) is 6.58.